The predicted molar refractivity (Wildman–Crippen MR) is 105 cm³/mol. The van der Waals surface area contributed by atoms with Gasteiger partial charge in [-0.1, -0.05) is 12.2 Å². The number of anilines is 2. The standard InChI is InChI=1S/C17H19FN4O2S2/c1-11(25)20-8-13-9-22(17(23)24-13)12-3-4-15(14(18)7-12)21(2)10-16-19-5-6-26-16/h3-7,13H,8-10H2,1-2H3,(H,20,25)/t13-/m0/s1. The molecule has 1 atom stereocenters. The van der Waals surface area contributed by atoms with E-state index < -0.39 is 11.9 Å². The van der Waals surface area contributed by atoms with Gasteiger partial charge in [-0.05, 0) is 25.1 Å². The fourth-order valence-corrected chi connectivity index (χ4v) is 3.44. The van der Waals surface area contributed by atoms with E-state index in [9.17, 15) is 9.18 Å². The first-order valence-electron chi connectivity index (χ1n) is 8.05. The van der Waals surface area contributed by atoms with Crippen molar-refractivity contribution in [2.45, 2.75) is 19.6 Å². The third-order valence-corrected chi connectivity index (χ3v) is 4.87. The highest BCUT2D eigenvalue weighted by molar-refractivity contribution is 7.80. The highest BCUT2D eigenvalue weighted by Gasteiger charge is 2.32. The van der Waals surface area contributed by atoms with E-state index in [-0.39, 0.29) is 6.10 Å². The second-order valence-electron chi connectivity index (χ2n) is 5.97. The lowest BCUT2D eigenvalue weighted by molar-refractivity contribution is 0.143. The van der Waals surface area contributed by atoms with Crippen LogP contribution in [-0.4, -0.2) is 42.3 Å². The Labute approximate surface area is 160 Å². The molecule has 1 N–H and O–H groups in total. The molecule has 0 bridgehead atoms. The van der Waals surface area contributed by atoms with E-state index in [0.717, 1.165) is 5.01 Å². The molecule has 0 aliphatic carbocycles. The average molecular weight is 394 g/mol. The number of thiazole rings is 1. The van der Waals surface area contributed by atoms with Crippen molar-refractivity contribution < 1.29 is 13.9 Å². The van der Waals surface area contributed by atoms with E-state index in [2.05, 4.69) is 10.3 Å². The van der Waals surface area contributed by atoms with Crippen LogP contribution in [0.1, 0.15) is 11.9 Å². The van der Waals surface area contributed by atoms with Gasteiger partial charge in [-0.25, -0.2) is 14.2 Å². The summed E-state index contributed by atoms with van der Waals surface area (Å²) in [5, 5.41) is 5.77. The number of benzene rings is 1. The average Bonchev–Trinajstić information content (AvgIpc) is 3.22. The Balaban J connectivity index is 1.69. The number of nitrogens with zero attached hydrogens (tertiary/aromatic N) is 3. The first-order valence-corrected chi connectivity index (χ1v) is 9.34. The van der Waals surface area contributed by atoms with Crippen LogP contribution in [0.25, 0.3) is 0 Å². The monoisotopic (exact) mass is 394 g/mol. The van der Waals surface area contributed by atoms with Crippen LogP contribution in [-0.2, 0) is 11.3 Å². The largest absolute Gasteiger partial charge is 0.442 e. The second kappa shape index (κ2) is 7.96. The van der Waals surface area contributed by atoms with Crippen LogP contribution >= 0.6 is 23.6 Å². The van der Waals surface area contributed by atoms with Gasteiger partial charge in [-0.2, -0.15) is 0 Å². The van der Waals surface area contributed by atoms with Crippen molar-refractivity contribution in [3.8, 4) is 0 Å². The summed E-state index contributed by atoms with van der Waals surface area (Å²) < 4.78 is 19.9. The van der Waals surface area contributed by atoms with E-state index in [1.165, 1.54) is 22.3 Å². The van der Waals surface area contributed by atoms with Gasteiger partial charge in [0.25, 0.3) is 0 Å². The van der Waals surface area contributed by atoms with Crippen molar-refractivity contribution in [3.05, 3.63) is 40.6 Å². The molecule has 26 heavy (non-hydrogen) atoms. The lowest BCUT2D eigenvalue weighted by Crippen LogP contribution is -2.32. The molecule has 1 aromatic heterocycles. The molecule has 2 aromatic rings. The number of nitrogens with one attached hydrogen (secondary N) is 1. The molecule has 0 radical (unpaired) electrons. The zero-order valence-corrected chi connectivity index (χ0v) is 16.1. The summed E-state index contributed by atoms with van der Waals surface area (Å²) in [5.41, 5.74) is 0.923. The molecule has 1 amide bonds. The number of hydrogen-bond acceptors (Lipinski definition) is 6. The molecule has 1 aliphatic rings. The molecule has 6 nitrogen and oxygen atoms in total. The van der Waals surface area contributed by atoms with Crippen LogP contribution < -0.4 is 15.1 Å². The highest BCUT2D eigenvalue weighted by atomic mass is 32.1. The zero-order chi connectivity index (χ0) is 18.7. The van der Waals surface area contributed by atoms with Crippen molar-refractivity contribution >= 4 is 46.0 Å². The number of thiocarbonyl (C=S) groups is 1. The molecule has 1 fully saturated rings. The third kappa shape index (κ3) is 4.28. The van der Waals surface area contributed by atoms with E-state index in [0.29, 0.717) is 36.0 Å². The van der Waals surface area contributed by atoms with Gasteiger partial charge in [-0.15, -0.1) is 11.3 Å². The number of hydrogen-bond donors (Lipinski definition) is 1. The van der Waals surface area contributed by atoms with Crippen LogP contribution in [0.5, 0.6) is 0 Å². The minimum absolute atomic E-state index is 0.323. The van der Waals surface area contributed by atoms with E-state index in [4.69, 9.17) is 17.0 Å². The fraction of sp³-hybridized carbons (Fsp3) is 0.353. The number of amides is 1. The Morgan fingerprint density at radius 1 is 1.58 bits per heavy atom. The molecule has 0 unspecified atom stereocenters. The van der Waals surface area contributed by atoms with Gasteiger partial charge < -0.3 is 15.0 Å². The van der Waals surface area contributed by atoms with Crippen LogP contribution in [0.3, 0.4) is 0 Å². The topological polar surface area (TPSA) is 57.7 Å². The zero-order valence-electron chi connectivity index (χ0n) is 14.4. The molecule has 1 aromatic carbocycles. The number of ether oxygens (including phenoxy) is 1. The van der Waals surface area contributed by atoms with Crippen molar-refractivity contribution in [1.29, 1.82) is 0 Å². The van der Waals surface area contributed by atoms with Gasteiger partial charge in [0.05, 0.1) is 36.0 Å². The number of carbonyl (C=O) groups is 1. The number of carbonyl (C=O) groups excluding carboxylic acids is 1. The maximum absolute atomic E-state index is 14.6. The minimum atomic E-state index is -0.484. The smallest absolute Gasteiger partial charge is 0.414 e. The van der Waals surface area contributed by atoms with Crippen molar-refractivity contribution in [1.82, 2.24) is 10.3 Å². The van der Waals surface area contributed by atoms with Crippen LogP contribution in [0.4, 0.5) is 20.6 Å². The van der Waals surface area contributed by atoms with Crippen molar-refractivity contribution in [2.24, 2.45) is 0 Å². The van der Waals surface area contributed by atoms with E-state index in [1.54, 1.807) is 37.2 Å². The quantitative estimate of drug-likeness (QED) is 0.760. The first kappa shape index (κ1) is 18.5. The number of rotatable bonds is 6. The summed E-state index contributed by atoms with van der Waals surface area (Å²) in [6.07, 6.45) is 0.917. The molecule has 2 heterocycles. The number of cyclic esters (lactones) is 1. The van der Waals surface area contributed by atoms with Gasteiger partial charge in [0, 0.05) is 18.6 Å². The van der Waals surface area contributed by atoms with Crippen molar-refractivity contribution in [2.75, 3.05) is 29.9 Å². The summed E-state index contributed by atoms with van der Waals surface area (Å²) in [4.78, 5) is 20.1. The second-order valence-corrected chi connectivity index (χ2v) is 7.56. The Morgan fingerprint density at radius 2 is 2.38 bits per heavy atom. The predicted octanol–water partition coefficient (Wildman–Crippen LogP) is 3.18. The maximum Gasteiger partial charge on any atom is 0.414 e. The molecule has 3 rings (SSSR count). The Morgan fingerprint density at radius 3 is 3.04 bits per heavy atom. The molecule has 1 saturated heterocycles. The minimum Gasteiger partial charge on any atom is -0.442 e. The van der Waals surface area contributed by atoms with Gasteiger partial charge >= 0.3 is 6.09 Å². The molecule has 9 heteroatoms. The summed E-state index contributed by atoms with van der Waals surface area (Å²) in [5.74, 6) is -0.398. The highest BCUT2D eigenvalue weighted by Crippen LogP contribution is 2.28. The lowest BCUT2D eigenvalue weighted by Gasteiger charge is -2.20. The molecular formula is C17H19FN4O2S2. The van der Waals surface area contributed by atoms with Gasteiger partial charge in [-0.3, -0.25) is 4.90 Å². The SMILES string of the molecule is CC(=S)NC[C@H]1CN(c2ccc(N(C)Cc3nccs3)c(F)c2)C(=O)O1. The third-order valence-electron chi connectivity index (χ3n) is 3.96. The molecule has 0 spiro atoms. The number of halogens is 1. The van der Waals surface area contributed by atoms with Gasteiger partial charge in [0.15, 0.2) is 0 Å². The lowest BCUT2D eigenvalue weighted by atomic mass is 10.2. The van der Waals surface area contributed by atoms with Gasteiger partial charge in [0.2, 0.25) is 0 Å². The molecule has 0 saturated carbocycles. The maximum atomic E-state index is 14.6. The number of aromatic nitrogens is 1. The normalized spacial score (nSPS) is 16.5. The van der Waals surface area contributed by atoms with Crippen LogP contribution in [0.15, 0.2) is 29.8 Å². The summed E-state index contributed by atoms with van der Waals surface area (Å²) in [6, 6.07) is 4.74. The Hall–Kier alpha value is -2.26. The summed E-state index contributed by atoms with van der Waals surface area (Å²) in [6.45, 7) is 3.07. The molecule has 138 valence electrons. The molecular weight excluding hydrogens is 375 g/mol. The van der Waals surface area contributed by atoms with E-state index in [1.807, 2.05) is 5.38 Å². The van der Waals surface area contributed by atoms with Crippen LogP contribution in [0.2, 0.25) is 0 Å². The van der Waals surface area contributed by atoms with Gasteiger partial charge in [0.1, 0.15) is 16.9 Å². The summed E-state index contributed by atoms with van der Waals surface area (Å²) in [7, 11) is 1.80. The van der Waals surface area contributed by atoms with Crippen molar-refractivity contribution in [3.63, 3.8) is 0 Å². The Bertz CT molecular complexity index is 800. The summed E-state index contributed by atoms with van der Waals surface area (Å²) >= 11 is 6.48. The molecule has 1 aliphatic heterocycles. The first-order chi connectivity index (χ1) is 12.4. The Kier molecular flexibility index (Phi) is 5.67. The fourth-order valence-electron chi connectivity index (χ4n) is 2.69. The van der Waals surface area contributed by atoms with Crippen LogP contribution in [0, 0.1) is 5.82 Å². The van der Waals surface area contributed by atoms with E-state index >= 15 is 0 Å².